The zero-order chi connectivity index (χ0) is 21.4. The number of halogens is 1. The van der Waals surface area contributed by atoms with Crippen LogP contribution in [0.1, 0.15) is 46.1 Å². The Morgan fingerprint density at radius 2 is 2.10 bits per heavy atom. The van der Waals surface area contributed by atoms with E-state index in [4.69, 9.17) is 21.3 Å². The lowest BCUT2D eigenvalue weighted by molar-refractivity contribution is 0.0868. The molecule has 2 aromatic carbocycles. The van der Waals surface area contributed by atoms with Gasteiger partial charge in [0.25, 0.3) is 0 Å². The number of hydrogen-bond donors (Lipinski definition) is 1. The zero-order valence-corrected chi connectivity index (χ0v) is 17.6. The van der Waals surface area contributed by atoms with Gasteiger partial charge in [0.2, 0.25) is 0 Å². The van der Waals surface area contributed by atoms with Gasteiger partial charge in [-0.25, -0.2) is 4.98 Å². The summed E-state index contributed by atoms with van der Waals surface area (Å²) in [5, 5.41) is 12.3. The number of aliphatic hydroxyl groups is 1. The number of aryl methyl sites for hydroxylation is 1. The maximum atomic E-state index is 13.1. The monoisotopic (exact) mass is 419 g/mol. The topological polar surface area (TPSA) is 59.4 Å². The number of aliphatic hydroxyl groups excluding tert-OH is 1. The van der Waals surface area contributed by atoms with Crippen LogP contribution in [-0.4, -0.2) is 22.5 Å². The lowest BCUT2D eigenvalue weighted by Crippen LogP contribution is -2.13. The number of rotatable bonds is 5. The average Bonchev–Trinajstić information content (AvgIpc) is 2.98. The molecule has 1 heterocycles. The van der Waals surface area contributed by atoms with Crippen LogP contribution >= 0.6 is 11.6 Å². The smallest absolute Gasteiger partial charge is 0.175 e. The molecule has 0 spiro atoms. The number of fused-ring (bicyclic) bond motifs is 2. The van der Waals surface area contributed by atoms with Crippen LogP contribution in [-0.2, 0) is 0 Å². The Bertz CT molecular complexity index is 1200. The van der Waals surface area contributed by atoms with Crippen molar-refractivity contribution in [1.82, 2.24) is 4.98 Å². The summed E-state index contributed by atoms with van der Waals surface area (Å²) >= 11 is 6.22. The highest BCUT2D eigenvalue weighted by molar-refractivity contribution is 6.31. The van der Waals surface area contributed by atoms with Crippen LogP contribution in [0.5, 0.6) is 5.75 Å². The van der Waals surface area contributed by atoms with Crippen molar-refractivity contribution in [3.8, 4) is 5.75 Å². The van der Waals surface area contributed by atoms with Gasteiger partial charge >= 0.3 is 0 Å². The number of aromatic nitrogens is 1. The number of pyridine rings is 1. The number of benzene rings is 2. The van der Waals surface area contributed by atoms with E-state index >= 15 is 0 Å². The molecule has 0 radical (unpaired) electrons. The van der Waals surface area contributed by atoms with E-state index in [9.17, 15) is 9.90 Å². The summed E-state index contributed by atoms with van der Waals surface area (Å²) in [7, 11) is 0. The molecule has 3 aromatic rings. The number of para-hydroxylation sites is 1. The molecule has 5 heteroatoms. The molecule has 0 saturated carbocycles. The number of carbonyl (C=O) groups excluding carboxylic acids is 1. The Hall–Kier alpha value is -2.95. The summed E-state index contributed by atoms with van der Waals surface area (Å²) in [6.45, 7) is 7.93. The van der Waals surface area contributed by atoms with Gasteiger partial charge in [0.15, 0.2) is 5.78 Å². The van der Waals surface area contributed by atoms with Crippen molar-refractivity contribution >= 4 is 28.3 Å². The summed E-state index contributed by atoms with van der Waals surface area (Å²) in [5.41, 5.74) is 3.99. The highest BCUT2D eigenvalue weighted by Gasteiger charge is 2.41. The quantitative estimate of drug-likeness (QED) is 0.537. The number of nitrogens with zero attached hydrogens (tertiary/aromatic N) is 1. The number of hydrogen-bond acceptors (Lipinski definition) is 4. The molecule has 4 nitrogen and oxygen atoms in total. The second-order valence-electron chi connectivity index (χ2n) is 7.40. The molecular weight excluding hydrogens is 398 g/mol. The van der Waals surface area contributed by atoms with Crippen molar-refractivity contribution in [3.63, 3.8) is 0 Å². The molecule has 30 heavy (non-hydrogen) atoms. The normalized spacial score (nSPS) is 18.5. The molecule has 2 atom stereocenters. The Morgan fingerprint density at radius 1 is 1.30 bits per heavy atom. The standard InChI is InChI=1S/C25H22ClNO3/c1-4-15(5-2)13-30-21-8-6-7-16-9-10-20(27-23(16)21)22-24(28)17-11-14(3)19(26)12-18(17)25(22)29/h4-12,22,25,29H,1,13H2,2-3H3/b15-5+. The number of ketones is 1. The van der Waals surface area contributed by atoms with Gasteiger partial charge in [0, 0.05) is 16.0 Å². The van der Waals surface area contributed by atoms with Crippen LogP contribution in [0.3, 0.4) is 0 Å². The summed E-state index contributed by atoms with van der Waals surface area (Å²) in [6, 6.07) is 12.8. The van der Waals surface area contributed by atoms with Crippen LogP contribution in [0.25, 0.3) is 10.9 Å². The van der Waals surface area contributed by atoms with Crippen molar-refractivity contribution in [3.05, 3.63) is 94.2 Å². The minimum absolute atomic E-state index is 0.148. The van der Waals surface area contributed by atoms with Crippen molar-refractivity contribution in [1.29, 1.82) is 0 Å². The van der Waals surface area contributed by atoms with Gasteiger partial charge in [-0.2, -0.15) is 0 Å². The van der Waals surface area contributed by atoms with Crippen LogP contribution in [0.4, 0.5) is 0 Å². The van der Waals surface area contributed by atoms with Gasteiger partial charge in [-0.05, 0) is 54.8 Å². The largest absolute Gasteiger partial charge is 0.487 e. The lowest BCUT2D eigenvalue weighted by Gasteiger charge is -2.15. The Balaban J connectivity index is 1.74. The first kappa shape index (κ1) is 20.3. The second kappa shape index (κ2) is 8.05. The Kier molecular flexibility index (Phi) is 5.46. The van der Waals surface area contributed by atoms with Crippen molar-refractivity contribution in [2.45, 2.75) is 25.9 Å². The van der Waals surface area contributed by atoms with E-state index in [0.717, 1.165) is 16.5 Å². The second-order valence-corrected chi connectivity index (χ2v) is 7.80. The van der Waals surface area contributed by atoms with E-state index in [1.165, 1.54) is 0 Å². The van der Waals surface area contributed by atoms with Crippen molar-refractivity contribution in [2.24, 2.45) is 0 Å². The van der Waals surface area contributed by atoms with E-state index in [1.807, 2.05) is 44.2 Å². The molecule has 1 aliphatic rings. The lowest BCUT2D eigenvalue weighted by atomic mass is 9.97. The van der Waals surface area contributed by atoms with E-state index < -0.39 is 12.0 Å². The Labute approximate surface area is 180 Å². The van der Waals surface area contributed by atoms with E-state index in [0.29, 0.717) is 39.7 Å². The van der Waals surface area contributed by atoms with Crippen LogP contribution in [0.2, 0.25) is 5.02 Å². The number of carbonyl (C=O) groups is 1. The van der Waals surface area contributed by atoms with E-state index in [2.05, 4.69) is 6.58 Å². The fraction of sp³-hybridized carbons (Fsp3) is 0.200. The highest BCUT2D eigenvalue weighted by Crippen LogP contribution is 2.44. The summed E-state index contributed by atoms with van der Waals surface area (Å²) in [4.78, 5) is 17.8. The van der Waals surface area contributed by atoms with Gasteiger partial charge in [-0.15, -0.1) is 0 Å². The number of ether oxygens (including phenoxy) is 1. The molecule has 0 aliphatic heterocycles. The van der Waals surface area contributed by atoms with E-state index in [1.54, 1.807) is 24.3 Å². The predicted octanol–water partition coefficient (Wildman–Crippen LogP) is 5.72. The van der Waals surface area contributed by atoms with E-state index in [-0.39, 0.29) is 5.78 Å². The van der Waals surface area contributed by atoms with Crippen molar-refractivity contribution < 1.29 is 14.6 Å². The number of Topliss-reactive ketones (excluding diaryl/α,β-unsaturated/α-hetero) is 1. The first-order chi connectivity index (χ1) is 14.4. The summed E-state index contributed by atoms with van der Waals surface area (Å²) in [5.74, 6) is -0.299. The third kappa shape index (κ3) is 3.42. The zero-order valence-electron chi connectivity index (χ0n) is 16.9. The minimum Gasteiger partial charge on any atom is -0.487 e. The molecular formula is C25H22ClNO3. The molecule has 2 unspecified atom stereocenters. The fourth-order valence-electron chi connectivity index (χ4n) is 3.79. The van der Waals surface area contributed by atoms with Gasteiger partial charge in [-0.3, -0.25) is 4.79 Å². The number of allylic oxidation sites excluding steroid dienone is 1. The molecule has 0 amide bonds. The van der Waals surface area contributed by atoms with Gasteiger partial charge in [0.05, 0.1) is 17.7 Å². The highest BCUT2D eigenvalue weighted by atomic mass is 35.5. The Morgan fingerprint density at radius 3 is 2.83 bits per heavy atom. The van der Waals surface area contributed by atoms with Crippen molar-refractivity contribution in [2.75, 3.05) is 6.61 Å². The fourth-order valence-corrected chi connectivity index (χ4v) is 3.96. The first-order valence-corrected chi connectivity index (χ1v) is 10.1. The van der Waals surface area contributed by atoms with Gasteiger partial charge in [-0.1, -0.05) is 48.5 Å². The van der Waals surface area contributed by atoms with Crippen LogP contribution < -0.4 is 4.74 Å². The molecule has 152 valence electrons. The third-order valence-corrected chi connectivity index (χ3v) is 5.97. The van der Waals surface area contributed by atoms with Gasteiger partial charge < -0.3 is 9.84 Å². The molecule has 1 N–H and O–H groups in total. The maximum absolute atomic E-state index is 13.1. The molecule has 1 aliphatic carbocycles. The van der Waals surface area contributed by atoms with Crippen LogP contribution in [0.15, 0.2) is 66.8 Å². The molecule has 1 aromatic heterocycles. The molecule has 0 bridgehead atoms. The summed E-state index contributed by atoms with van der Waals surface area (Å²) in [6.07, 6.45) is 2.70. The van der Waals surface area contributed by atoms with Gasteiger partial charge in [0.1, 0.15) is 17.9 Å². The SMILES string of the molecule is C=C/C(=C\C)COc1cccc2ccc(C3C(=O)c4cc(C)c(Cl)cc4C3O)nc12. The van der Waals surface area contributed by atoms with Crippen LogP contribution in [0, 0.1) is 6.92 Å². The molecule has 0 fully saturated rings. The molecule has 0 saturated heterocycles. The third-order valence-electron chi connectivity index (χ3n) is 5.56. The predicted molar refractivity (Wildman–Crippen MR) is 119 cm³/mol. The maximum Gasteiger partial charge on any atom is 0.175 e. The first-order valence-electron chi connectivity index (χ1n) is 9.77. The average molecular weight is 420 g/mol. The summed E-state index contributed by atoms with van der Waals surface area (Å²) < 4.78 is 5.96. The molecule has 4 rings (SSSR count). The minimum atomic E-state index is -0.987.